The van der Waals surface area contributed by atoms with E-state index in [1.54, 1.807) is 49.4 Å². The van der Waals surface area contributed by atoms with E-state index in [-0.39, 0.29) is 22.6 Å². The standard InChI is InChI=1S/C16H11N5O2/c1-2-21-23-16(12-6-4-3-5-7-12)14(11(8-17)9-18)13(10-19)15(20)22-16/h2-7H,20H2,1H3. The molecule has 0 bridgehead atoms. The van der Waals surface area contributed by atoms with Crippen molar-refractivity contribution in [2.24, 2.45) is 10.9 Å². The maximum atomic E-state index is 9.34. The van der Waals surface area contributed by atoms with Gasteiger partial charge in [-0.3, -0.25) is 0 Å². The summed E-state index contributed by atoms with van der Waals surface area (Å²) >= 11 is 0. The number of nitrogens with zero attached hydrogens (tertiary/aromatic N) is 4. The summed E-state index contributed by atoms with van der Waals surface area (Å²) < 4.78 is 5.58. The summed E-state index contributed by atoms with van der Waals surface area (Å²) in [5.74, 6) is -2.00. The van der Waals surface area contributed by atoms with Gasteiger partial charge in [0.25, 0.3) is 0 Å². The van der Waals surface area contributed by atoms with E-state index in [2.05, 4.69) is 5.16 Å². The van der Waals surface area contributed by atoms with Crippen LogP contribution >= 0.6 is 0 Å². The van der Waals surface area contributed by atoms with Crippen LogP contribution in [0.15, 0.2) is 58.1 Å². The quantitative estimate of drug-likeness (QED) is 0.516. The molecule has 0 amide bonds. The van der Waals surface area contributed by atoms with E-state index in [0.717, 1.165) is 0 Å². The summed E-state index contributed by atoms with van der Waals surface area (Å²) in [5.41, 5.74) is 5.68. The molecule has 0 aromatic heterocycles. The van der Waals surface area contributed by atoms with Crippen LogP contribution in [-0.4, -0.2) is 6.21 Å². The van der Waals surface area contributed by atoms with Crippen molar-refractivity contribution in [3.8, 4) is 18.2 Å². The Bertz CT molecular complexity index is 818. The Morgan fingerprint density at radius 1 is 1.26 bits per heavy atom. The van der Waals surface area contributed by atoms with Gasteiger partial charge >= 0.3 is 5.79 Å². The molecule has 0 fully saturated rings. The number of hydrogen-bond acceptors (Lipinski definition) is 7. The first kappa shape index (κ1) is 15.6. The molecule has 0 spiro atoms. The van der Waals surface area contributed by atoms with E-state index in [1.165, 1.54) is 6.21 Å². The molecule has 0 aliphatic carbocycles. The van der Waals surface area contributed by atoms with Gasteiger partial charge in [0.1, 0.15) is 29.4 Å². The zero-order valence-electron chi connectivity index (χ0n) is 12.1. The molecule has 23 heavy (non-hydrogen) atoms. The average Bonchev–Trinajstić information content (AvgIpc) is 2.88. The Kier molecular flexibility index (Phi) is 4.31. The first-order valence-electron chi connectivity index (χ1n) is 6.50. The van der Waals surface area contributed by atoms with E-state index >= 15 is 0 Å². The topological polar surface area (TPSA) is 128 Å². The van der Waals surface area contributed by atoms with Gasteiger partial charge in [0.05, 0.1) is 5.57 Å². The maximum Gasteiger partial charge on any atom is 0.333 e. The van der Waals surface area contributed by atoms with Gasteiger partial charge in [-0.25, -0.2) is 0 Å². The van der Waals surface area contributed by atoms with Crippen molar-refractivity contribution in [2.45, 2.75) is 12.7 Å². The molecular weight excluding hydrogens is 294 g/mol. The number of allylic oxidation sites excluding steroid dienone is 1. The van der Waals surface area contributed by atoms with Gasteiger partial charge in [-0.1, -0.05) is 35.5 Å². The normalized spacial score (nSPS) is 19.7. The minimum absolute atomic E-state index is 0.0562. The second-order valence-electron chi connectivity index (χ2n) is 4.36. The molecule has 112 valence electrons. The average molecular weight is 305 g/mol. The highest BCUT2D eigenvalue weighted by Crippen LogP contribution is 2.47. The lowest BCUT2D eigenvalue weighted by atomic mass is 9.90. The van der Waals surface area contributed by atoms with Gasteiger partial charge in [0, 0.05) is 11.8 Å². The number of oxime groups is 1. The van der Waals surface area contributed by atoms with Crippen LogP contribution in [0, 0.1) is 34.0 Å². The number of rotatable bonds is 3. The predicted octanol–water partition coefficient (Wildman–Crippen LogP) is 1.93. The third-order valence-corrected chi connectivity index (χ3v) is 3.11. The van der Waals surface area contributed by atoms with E-state index in [0.29, 0.717) is 5.56 Å². The van der Waals surface area contributed by atoms with Gasteiger partial charge in [-0.15, -0.1) is 0 Å². The number of benzene rings is 1. The summed E-state index contributed by atoms with van der Waals surface area (Å²) in [7, 11) is 0. The molecule has 1 aromatic carbocycles. The Morgan fingerprint density at radius 2 is 1.91 bits per heavy atom. The van der Waals surface area contributed by atoms with Gasteiger partial charge < -0.3 is 15.3 Å². The molecule has 0 saturated carbocycles. The van der Waals surface area contributed by atoms with Crippen molar-refractivity contribution in [1.82, 2.24) is 0 Å². The van der Waals surface area contributed by atoms with Crippen LogP contribution in [0.3, 0.4) is 0 Å². The lowest BCUT2D eigenvalue weighted by Gasteiger charge is -2.28. The Labute approximate surface area is 132 Å². The zero-order valence-corrected chi connectivity index (χ0v) is 12.1. The monoisotopic (exact) mass is 305 g/mol. The van der Waals surface area contributed by atoms with Crippen molar-refractivity contribution in [3.05, 3.63) is 58.5 Å². The lowest BCUT2D eigenvalue weighted by Crippen LogP contribution is -2.31. The van der Waals surface area contributed by atoms with Crippen molar-refractivity contribution in [3.63, 3.8) is 0 Å². The van der Waals surface area contributed by atoms with Crippen molar-refractivity contribution < 1.29 is 9.57 Å². The van der Waals surface area contributed by atoms with Crippen LogP contribution in [-0.2, 0) is 15.4 Å². The minimum Gasteiger partial charge on any atom is -0.426 e. The highest BCUT2D eigenvalue weighted by atomic mass is 16.8. The summed E-state index contributed by atoms with van der Waals surface area (Å²) in [6.45, 7) is 1.62. The van der Waals surface area contributed by atoms with Crippen LogP contribution in [0.25, 0.3) is 0 Å². The van der Waals surface area contributed by atoms with Gasteiger partial charge in [0.15, 0.2) is 0 Å². The van der Waals surface area contributed by atoms with Crippen LogP contribution in [0.5, 0.6) is 0 Å². The molecule has 1 aliphatic heterocycles. The number of nitrogens with two attached hydrogens (primary N) is 1. The molecular formula is C16H11N5O2. The minimum atomic E-state index is -1.76. The number of ether oxygens (including phenoxy) is 1. The van der Waals surface area contributed by atoms with Crippen molar-refractivity contribution in [1.29, 1.82) is 15.8 Å². The lowest BCUT2D eigenvalue weighted by molar-refractivity contribution is -0.186. The van der Waals surface area contributed by atoms with E-state index in [1.807, 2.05) is 6.07 Å². The van der Waals surface area contributed by atoms with Crippen LogP contribution in [0.1, 0.15) is 12.5 Å². The van der Waals surface area contributed by atoms with E-state index < -0.39 is 5.79 Å². The Balaban J connectivity index is 2.83. The van der Waals surface area contributed by atoms with Gasteiger partial charge in [-0.05, 0) is 6.92 Å². The van der Waals surface area contributed by atoms with E-state index in [4.69, 9.17) is 15.3 Å². The van der Waals surface area contributed by atoms with E-state index in [9.17, 15) is 15.8 Å². The molecule has 7 nitrogen and oxygen atoms in total. The SMILES string of the molecule is CC=NOC1(c2ccccc2)OC(N)=C(C#N)C1=C(C#N)C#N. The summed E-state index contributed by atoms with van der Waals surface area (Å²) in [5, 5.41) is 31.5. The van der Waals surface area contributed by atoms with Crippen LogP contribution < -0.4 is 5.73 Å². The summed E-state index contributed by atoms with van der Waals surface area (Å²) in [4.78, 5) is 5.44. The van der Waals surface area contributed by atoms with Gasteiger partial charge in [0.2, 0.25) is 5.88 Å². The molecule has 0 saturated heterocycles. The first-order valence-corrected chi connectivity index (χ1v) is 6.50. The molecule has 1 aromatic rings. The highest BCUT2D eigenvalue weighted by molar-refractivity contribution is 5.62. The molecule has 1 atom stereocenters. The highest BCUT2D eigenvalue weighted by Gasteiger charge is 2.52. The second-order valence-corrected chi connectivity index (χ2v) is 4.36. The zero-order chi connectivity index (χ0) is 16.9. The van der Waals surface area contributed by atoms with Crippen LogP contribution in [0.4, 0.5) is 0 Å². The largest absolute Gasteiger partial charge is 0.426 e. The van der Waals surface area contributed by atoms with Crippen LogP contribution in [0.2, 0.25) is 0 Å². The fourth-order valence-corrected chi connectivity index (χ4v) is 2.19. The Morgan fingerprint density at radius 3 is 2.43 bits per heavy atom. The summed E-state index contributed by atoms with van der Waals surface area (Å²) in [6, 6.07) is 13.9. The fourth-order valence-electron chi connectivity index (χ4n) is 2.19. The molecule has 1 unspecified atom stereocenters. The molecule has 1 heterocycles. The maximum absolute atomic E-state index is 9.34. The molecule has 2 N–H and O–H groups in total. The number of hydrogen-bond donors (Lipinski definition) is 1. The second kappa shape index (κ2) is 6.34. The molecule has 2 rings (SSSR count). The molecule has 7 heteroatoms. The van der Waals surface area contributed by atoms with Gasteiger partial charge in [-0.2, -0.15) is 15.8 Å². The first-order chi connectivity index (χ1) is 11.1. The van der Waals surface area contributed by atoms with Crippen molar-refractivity contribution in [2.75, 3.05) is 0 Å². The molecule has 1 aliphatic rings. The summed E-state index contributed by atoms with van der Waals surface area (Å²) in [6.07, 6.45) is 1.37. The Hall–Kier alpha value is -3.76. The fraction of sp³-hybridized carbons (Fsp3) is 0.125. The third-order valence-electron chi connectivity index (χ3n) is 3.11. The predicted molar refractivity (Wildman–Crippen MR) is 79.5 cm³/mol. The van der Waals surface area contributed by atoms with Crippen molar-refractivity contribution >= 4 is 6.21 Å². The smallest absolute Gasteiger partial charge is 0.333 e. The number of nitriles is 3. The third kappa shape index (κ3) is 2.46. The molecule has 0 radical (unpaired) electrons.